The summed E-state index contributed by atoms with van der Waals surface area (Å²) >= 11 is 0. The van der Waals surface area contributed by atoms with E-state index in [1.54, 1.807) is 36.4 Å². The lowest BCUT2D eigenvalue weighted by Crippen LogP contribution is -2.39. The Hall–Kier alpha value is -3.99. The summed E-state index contributed by atoms with van der Waals surface area (Å²) in [5, 5.41) is 10.7. The maximum Gasteiger partial charge on any atom is 0.247 e. The number of aromatic nitrogens is 1. The molecule has 1 aromatic heterocycles. The largest absolute Gasteiger partial charge is 0.508 e. The van der Waals surface area contributed by atoms with Crippen molar-refractivity contribution in [2.45, 2.75) is 18.9 Å². The van der Waals surface area contributed by atoms with E-state index in [0.717, 1.165) is 40.9 Å². The van der Waals surface area contributed by atoms with Gasteiger partial charge in [-0.05, 0) is 65.1 Å². The quantitative estimate of drug-likeness (QED) is 0.445. The zero-order valence-electron chi connectivity index (χ0n) is 18.1. The summed E-state index contributed by atoms with van der Waals surface area (Å²) < 4.78 is 5.71. The summed E-state index contributed by atoms with van der Waals surface area (Å²) in [5.74, 6) is 1.12. The maximum atomic E-state index is 13.4. The number of hydrogen-bond acceptors (Lipinski definition) is 3. The van der Waals surface area contributed by atoms with E-state index in [0.29, 0.717) is 13.2 Å². The fourth-order valence-electron chi connectivity index (χ4n) is 5.05. The molecule has 2 aliphatic rings. The molecule has 3 heterocycles. The van der Waals surface area contributed by atoms with Crippen molar-refractivity contribution in [1.29, 1.82) is 0 Å². The molecule has 33 heavy (non-hydrogen) atoms. The lowest BCUT2D eigenvalue weighted by atomic mass is 9.91. The van der Waals surface area contributed by atoms with E-state index in [1.807, 2.05) is 17.0 Å². The molecule has 164 valence electrons. The highest BCUT2D eigenvalue weighted by Gasteiger charge is 2.34. The number of nitrogens with one attached hydrogen (secondary N) is 1. The van der Waals surface area contributed by atoms with Crippen LogP contribution in [0.25, 0.3) is 17.0 Å². The number of phenolic OH excluding ortho intramolecular Hbond substituents is 1. The number of para-hydroxylation sites is 1. The van der Waals surface area contributed by atoms with Crippen molar-refractivity contribution in [2.24, 2.45) is 0 Å². The molecule has 5 heteroatoms. The standard InChI is InChI=1S/C28H24N2O3/c31-21-9-5-18(6-10-21)7-12-26(32)30-15-13-23-22-3-1-2-4-24(22)29-27(23)28(30)20-8-11-25-19(17-20)14-16-33-25/h1-12,17,28-29,31H,13-16H2. The lowest BCUT2D eigenvalue weighted by molar-refractivity contribution is -0.128. The summed E-state index contributed by atoms with van der Waals surface area (Å²) in [5.41, 5.74) is 6.65. The van der Waals surface area contributed by atoms with Crippen LogP contribution in [0.3, 0.4) is 0 Å². The van der Waals surface area contributed by atoms with Crippen molar-refractivity contribution in [3.8, 4) is 11.5 Å². The summed E-state index contributed by atoms with van der Waals surface area (Å²) in [4.78, 5) is 19.0. The van der Waals surface area contributed by atoms with Gasteiger partial charge in [0.1, 0.15) is 11.5 Å². The molecular weight excluding hydrogens is 412 g/mol. The van der Waals surface area contributed by atoms with Crippen LogP contribution in [0.5, 0.6) is 11.5 Å². The second-order valence-corrected chi connectivity index (χ2v) is 8.64. The Morgan fingerprint density at radius 3 is 2.79 bits per heavy atom. The highest BCUT2D eigenvalue weighted by Crippen LogP contribution is 2.40. The predicted octanol–water partition coefficient (Wildman–Crippen LogP) is 5.00. The first-order valence-corrected chi connectivity index (χ1v) is 11.3. The van der Waals surface area contributed by atoms with Gasteiger partial charge in [0.25, 0.3) is 0 Å². The van der Waals surface area contributed by atoms with Gasteiger partial charge in [0.2, 0.25) is 5.91 Å². The first-order chi connectivity index (χ1) is 16.2. The van der Waals surface area contributed by atoms with Crippen LogP contribution in [0.15, 0.2) is 72.8 Å². The molecular formula is C28H24N2O3. The topological polar surface area (TPSA) is 65.6 Å². The number of carbonyl (C=O) groups excluding carboxylic acids is 1. The van der Waals surface area contributed by atoms with Gasteiger partial charge in [-0.1, -0.05) is 36.4 Å². The second-order valence-electron chi connectivity index (χ2n) is 8.64. The van der Waals surface area contributed by atoms with Crippen LogP contribution >= 0.6 is 0 Å². The van der Waals surface area contributed by atoms with Crippen LogP contribution in [0.2, 0.25) is 0 Å². The average Bonchev–Trinajstić information content (AvgIpc) is 3.46. The van der Waals surface area contributed by atoms with Crippen LogP contribution in [0.4, 0.5) is 0 Å². The molecule has 0 fully saturated rings. The molecule has 1 atom stereocenters. The Bertz CT molecular complexity index is 1380. The summed E-state index contributed by atoms with van der Waals surface area (Å²) in [6.45, 7) is 1.35. The zero-order valence-corrected chi connectivity index (χ0v) is 18.1. The minimum atomic E-state index is -0.191. The van der Waals surface area contributed by atoms with E-state index in [2.05, 4.69) is 35.3 Å². The highest BCUT2D eigenvalue weighted by molar-refractivity contribution is 5.93. The van der Waals surface area contributed by atoms with Crippen LogP contribution < -0.4 is 4.74 Å². The molecule has 5 nitrogen and oxygen atoms in total. The number of ether oxygens (including phenoxy) is 1. The fraction of sp³-hybridized carbons (Fsp3) is 0.179. The smallest absolute Gasteiger partial charge is 0.247 e. The minimum absolute atomic E-state index is 0.0332. The summed E-state index contributed by atoms with van der Waals surface area (Å²) in [6.07, 6.45) is 5.13. The van der Waals surface area contributed by atoms with Gasteiger partial charge < -0.3 is 19.7 Å². The number of hydrogen-bond donors (Lipinski definition) is 2. The van der Waals surface area contributed by atoms with Crippen molar-refractivity contribution in [3.63, 3.8) is 0 Å². The SMILES string of the molecule is O=C(C=Cc1ccc(O)cc1)N1CCc2c([nH]c3ccccc23)C1c1ccc2c(c1)CCO2. The number of aromatic hydroxyl groups is 1. The van der Waals surface area contributed by atoms with Gasteiger partial charge in [-0.2, -0.15) is 0 Å². The Kier molecular flexibility index (Phi) is 4.68. The number of nitrogens with zero attached hydrogens (tertiary/aromatic N) is 1. The van der Waals surface area contributed by atoms with E-state index in [-0.39, 0.29) is 17.7 Å². The van der Waals surface area contributed by atoms with Crippen molar-refractivity contribution >= 4 is 22.9 Å². The Morgan fingerprint density at radius 2 is 1.91 bits per heavy atom. The molecule has 1 amide bonds. The van der Waals surface area contributed by atoms with Crippen molar-refractivity contribution < 1.29 is 14.6 Å². The van der Waals surface area contributed by atoms with Crippen LogP contribution in [0, 0.1) is 0 Å². The number of benzene rings is 3. The Labute approximate surface area is 191 Å². The number of phenols is 1. The lowest BCUT2D eigenvalue weighted by Gasteiger charge is -2.36. The molecule has 0 bridgehead atoms. The monoisotopic (exact) mass is 436 g/mol. The molecule has 0 aliphatic carbocycles. The maximum absolute atomic E-state index is 13.4. The van der Waals surface area contributed by atoms with Gasteiger partial charge in [0.15, 0.2) is 0 Å². The van der Waals surface area contributed by atoms with Crippen molar-refractivity contribution in [2.75, 3.05) is 13.2 Å². The minimum Gasteiger partial charge on any atom is -0.508 e. The van der Waals surface area contributed by atoms with Gasteiger partial charge in [-0.25, -0.2) is 0 Å². The van der Waals surface area contributed by atoms with E-state index in [9.17, 15) is 9.90 Å². The predicted molar refractivity (Wildman–Crippen MR) is 128 cm³/mol. The fourth-order valence-corrected chi connectivity index (χ4v) is 5.05. The number of aromatic amines is 1. The number of fused-ring (bicyclic) bond motifs is 4. The highest BCUT2D eigenvalue weighted by atomic mass is 16.5. The molecule has 0 saturated carbocycles. The first kappa shape index (κ1) is 19.7. The van der Waals surface area contributed by atoms with Crippen molar-refractivity contribution in [3.05, 3.63) is 101 Å². The van der Waals surface area contributed by atoms with Crippen molar-refractivity contribution in [1.82, 2.24) is 9.88 Å². The van der Waals surface area contributed by atoms with E-state index in [4.69, 9.17) is 4.74 Å². The molecule has 4 aromatic rings. The zero-order chi connectivity index (χ0) is 22.4. The first-order valence-electron chi connectivity index (χ1n) is 11.3. The van der Waals surface area contributed by atoms with E-state index >= 15 is 0 Å². The van der Waals surface area contributed by atoms with Gasteiger partial charge in [0.05, 0.1) is 12.6 Å². The van der Waals surface area contributed by atoms with Crippen LogP contribution in [0.1, 0.15) is 34.0 Å². The third kappa shape index (κ3) is 3.46. The second kappa shape index (κ2) is 7.85. The number of H-pyrrole nitrogens is 1. The average molecular weight is 437 g/mol. The van der Waals surface area contributed by atoms with E-state index in [1.165, 1.54) is 16.5 Å². The third-order valence-electron chi connectivity index (χ3n) is 6.66. The molecule has 1 unspecified atom stereocenters. The third-order valence-corrected chi connectivity index (χ3v) is 6.66. The van der Waals surface area contributed by atoms with Gasteiger partial charge >= 0.3 is 0 Å². The molecule has 2 N–H and O–H groups in total. The van der Waals surface area contributed by atoms with Crippen LogP contribution in [-0.2, 0) is 17.6 Å². The van der Waals surface area contributed by atoms with E-state index < -0.39 is 0 Å². The molecule has 6 rings (SSSR count). The summed E-state index contributed by atoms with van der Waals surface area (Å²) in [6, 6.07) is 21.3. The van der Waals surface area contributed by atoms with Gasteiger partial charge in [0, 0.05) is 35.6 Å². The summed E-state index contributed by atoms with van der Waals surface area (Å²) in [7, 11) is 0. The van der Waals surface area contributed by atoms with Crippen LogP contribution in [-0.4, -0.2) is 34.0 Å². The number of carbonyl (C=O) groups is 1. The normalized spacial score (nSPS) is 17.2. The molecule has 0 radical (unpaired) electrons. The Morgan fingerprint density at radius 1 is 1.06 bits per heavy atom. The molecule has 0 saturated heterocycles. The molecule has 2 aliphatic heterocycles. The number of amides is 1. The van der Waals surface area contributed by atoms with Gasteiger partial charge in [-0.3, -0.25) is 4.79 Å². The Balaban J connectivity index is 1.42. The molecule has 0 spiro atoms. The molecule has 3 aromatic carbocycles. The van der Waals surface area contributed by atoms with Gasteiger partial charge in [-0.15, -0.1) is 0 Å². The number of rotatable bonds is 3.